The van der Waals surface area contributed by atoms with Crippen LogP contribution in [-0.4, -0.2) is 49.1 Å². The van der Waals surface area contributed by atoms with Crippen molar-refractivity contribution < 1.29 is 23.9 Å². The molecule has 0 saturated heterocycles. The topological polar surface area (TPSA) is 90.2 Å². The van der Waals surface area contributed by atoms with Crippen LogP contribution < -0.4 is 0 Å². The van der Waals surface area contributed by atoms with Gasteiger partial charge in [0.05, 0.1) is 0 Å². The molecule has 8 heavy (non-hydrogen) atoms. The summed E-state index contributed by atoms with van der Waals surface area (Å²) in [4.78, 5) is 31.3. The average Bonchev–Trinajstić information content (AvgIpc) is 1.27. The molecule has 0 heterocycles. The van der Waals surface area contributed by atoms with Crippen molar-refractivity contribution >= 4 is 46.8 Å². The second-order valence-corrected chi connectivity index (χ2v) is 2.25. The molecule has 0 spiro atoms. The molecule has 0 atom stereocenters. The maximum absolute atomic E-state index is 7.82. The number of hydrogen-bond donors (Lipinski definition) is 4. The van der Waals surface area contributed by atoms with E-state index in [0.717, 1.165) is 0 Å². The van der Waals surface area contributed by atoms with E-state index in [4.69, 9.17) is 19.6 Å². The minimum atomic E-state index is -2.61. The van der Waals surface area contributed by atoms with Crippen molar-refractivity contribution in [2.24, 2.45) is 0 Å². The van der Waals surface area contributed by atoms with Gasteiger partial charge in [-0.2, -0.15) is 0 Å². The third kappa shape index (κ3) is 10.6. The van der Waals surface area contributed by atoms with E-state index in [0.29, 0.717) is 0 Å². The molecule has 0 aromatic carbocycles. The van der Waals surface area contributed by atoms with Crippen LogP contribution >= 0.6 is 17.2 Å². The Morgan fingerprint density at radius 1 is 0.875 bits per heavy atom. The van der Waals surface area contributed by atoms with E-state index in [1.54, 1.807) is 0 Å². The molecule has 0 aliphatic heterocycles. The Hall–Kier alpha value is 1.66. The molecule has 0 amide bonds. The van der Waals surface area contributed by atoms with Crippen LogP contribution in [0.4, 0.5) is 0 Å². The maximum atomic E-state index is 7.82. The second kappa shape index (κ2) is 6.78. The fourth-order valence-electron chi connectivity index (χ4n) is 0.0653. The summed E-state index contributed by atoms with van der Waals surface area (Å²) in [6, 6.07) is 0. The van der Waals surface area contributed by atoms with Crippen molar-refractivity contribution in [3.63, 3.8) is 0 Å². The average molecular weight is 170 g/mol. The van der Waals surface area contributed by atoms with Crippen LogP contribution in [0.5, 0.6) is 0 Å². The van der Waals surface area contributed by atoms with Gasteiger partial charge in [-0.3, -0.25) is 0 Å². The zero-order valence-corrected chi connectivity index (χ0v) is 4.88. The van der Waals surface area contributed by atoms with Gasteiger partial charge in [0.1, 0.15) is 0 Å². The fourth-order valence-corrected chi connectivity index (χ4v) is 0.588. The molecule has 0 aromatic rings. The number of hydrogen-bond acceptors (Lipinski definition) is 5. The van der Waals surface area contributed by atoms with Crippen LogP contribution in [0.25, 0.3) is 0 Å². The van der Waals surface area contributed by atoms with E-state index in [1.165, 1.54) is 0 Å². The molecule has 0 fully saturated rings. The van der Waals surface area contributed by atoms with E-state index in [1.807, 2.05) is 0 Å². The SMILES string of the molecule is OP(O)OP(O)O.[NaH]. The van der Waals surface area contributed by atoms with Crippen LogP contribution in [-0.2, 0) is 4.31 Å². The molecule has 0 aliphatic rings. The third-order valence-corrected chi connectivity index (χ3v) is 1.31. The Morgan fingerprint density at radius 3 is 1.12 bits per heavy atom. The monoisotopic (exact) mass is 170 g/mol. The minimum absolute atomic E-state index is 0. The van der Waals surface area contributed by atoms with Crippen molar-refractivity contribution in [1.29, 1.82) is 0 Å². The van der Waals surface area contributed by atoms with Crippen LogP contribution in [0.1, 0.15) is 0 Å². The van der Waals surface area contributed by atoms with Gasteiger partial charge in [0.2, 0.25) is 0 Å². The molecule has 0 rings (SSSR count). The van der Waals surface area contributed by atoms with Gasteiger partial charge >= 0.3 is 46.8 Å². The first-order valence-electron chi connectivity index (χ1n) is 1.17. The van der Waals surface area contributed by atoms with Crippen molar-refractivity contribution in [3.05, 3.63) is 0 Å². The van der Waals surface area contributed by atoms with E-state index < -0.39 is 17.2 Å². The van der Waals surface area contributed by atoms with E-state index >= 15 is 0 Å². The van der Waals surface area contributed by atoms with Gasteiger partial charge in [0.25, 0.3) is 0 Å². The normalized spacial score (nSPS) is 9.75. The van der Waals surface area contributed by atoms with Crippen molar-refractivity contribution in [2.75, 3.05) is 0 Å². The first-order chi connectivity index (χ1) is 3.13. The molecule has 0 aliphatic carbocycles. The van der Waals surface area contributed by atoms with Gasteiger partial charge < -0.3 is 19.6 Å². The molecular formula is H5NaO5P2. The summed E-state index contributed by atoms with van der Waals surface area (Å²) in [5.41, 5.74) is 0. The summed E-state index contributed by atoms with van der Waals surface area (Å²) >= 11 is 0. The van der Waals surface area contributed by atoms with Gasteiger partial charge in [-0.25, -0.2) is 4.31 Å². The first-order valence-corrected chi connectivity index (χ1v) is 3.50. The third-order valence-electron chi connectivity index (χ3n) is 0.146. The standard InChI is InChI=1S/Na.H4O5P2.H/c;1-6(2)5-7(3)4;/h;1-4H;. The van der Waals surface area contributed by atoms with Gasteiger partial charge in [-0.15, -0.1) is 0 Å². The van der Waals surface area contributed by atoms with E-state index in [9.17, 15) is 0 Å². The zero-order valence-electron chi connectivity index (χ0n) is 3.09. The zero-order chi connectivity index (χ0) is 5.86. The summed E-state index contributed by atoms with van der Waals surface area (Å²) in [6.45, 7) is 0. The predicted octanol–water partition coefficient (Wildman–Crippen LogP) is -1.22. The molecule has 0 saturated carbocycles. The van der Waals surface area contributed by atoms with Crippen LogP contribution in [0, 0.1) is 0 Å². The van der Waals surface area contributed by atoms with Gasteiger partial charge in [-0.1, -0.05) is 0 Å². The van der Waals surface area contributed by atoms with Crippen LogP contribution in [0.2, 0.25) is 0 Å². The number of rotatable bonds is 2. The molecule has 5 nitrogen and oxygen atoms in total. The van der Waals surface area contributed by atoms with Gasteiger partial charge in [-0.05, 0) is 0 Å². The van der Waals surface area contributed by atoms with Crippen molar-refractivity contribution in [3.8, 4) is 0 Å². The Bertz CT molecular complexity index is 39.7. The summed E-state index contributed by atoms with van der Waals surface area (Å²) < 4.78 is 3.60. The van der Waals surface area contributed by atoms with Crippen molar-refractivity contribution in [2.45, 2.75) is 0 Å². The molecule has 0 bridgehead atoms. The summed E-state index contributed by atoms with van der Waals surface area (Å²) in [5.74, 6) is 0. The quantitative estimate of drug-likeness (QED) is 0.308. The first kappa shape index (κ1) is 12.3. The summed E-state index contributed by atoms with van der Waals surface area (Å²) in [7, 11) is -5.22. The molecular weight excluding hydrogens is 165 g/mol. The Balaban J connectivity index is 0. The molecule has 46 valence electrons. The molecule has 8 heteroatoms. The molecule has 0 radical (unpaired) electrons. The van der Waals surface area contributed by atoms with E-state index in [2.05, 4.69) is 4.31 Å². The fraction of sp³-hybridized carbons (Fsp3) is 0. The second-order valence-electron chi connectivity index (χ2n) is 0.587. The molecule has 0 aromatic heterocycles. The molecule has 4 N–H and O–H groups in total. The Labute approximate surface area is 70.6 Å². The predicted molar refractivity (Wildman–Crippen MR) is 30.9 cm³/mol. The van der Waals surface area contributed by atoms with Crippen LogP contribution in [0.15, 0.2) is 0 Å². The Kier molecular flexibility index (Phi) is 10.5. The van der Waals surface area contributed by atoms with Gasteiger partial charge in [0.15, 0.2) is 0 Å². The molecule has 0 unspecified atom stereocenters. The van der Waals surface area contributed by atoms with Crippen molar-refractivity contribution in [1.82, 2.24) is 0 Å². The van der Waals surface area contributed by atoms with Gasteiger partial charge in [0, 0.05) is 0 Å². The van der Waals surface area contributed by atoms with E-state index in [-0.39, 0.29) is 29.6 Å². The summed E-state index contributed by atoms with van der Waals surface area (Å²) in [5, 5.41) is 0. The summed E-state index contributed by atoms with van der Waals surface area (Å²) in [6.07, 6.45) is 0. The Morgan fingerprint density at radius 2 is 1.12 bits per heavy atom. The van der Waals surface area contributed by atoms with Crippen LogP contribution in [0.3, 0.4) is 0 Å².